The summed E-state index contributed by atoms with van der Waals surface area (Å²) in [6.45, 7) is 0. The summed E-state index contributed by atoms with van der Waals surface area (Å²) in [6.07, 6.45) is 0. The van der Waals surface area contributed by atoms with Crippen LogP contribution in [-0.2, 0) is 5.41 Å². The van der Waals surface area contributed by atoms with E-state index in [9.17, 15) is 0 Å². The van der Waals surface area contributed by atoms with Gasteiger partial charge in [0.15, 0.2) is 11.6 Å². The highest BCUT2D eigenvalue weighted by Gasteiger charge is 2.53. The molecule has 0 radical (unpaired) electrons. The number of rotatable bonds is 4. The van der Waals surface area contributed by atoms with Crippen LogP contribution in [0.3, 0.4) is 0 Å². The van der Waals surface area contributed by atoms with Crippen molar-refractivity contribution in [2.75, 3.05) is 4.90 Å². The maximum Gasteiger partial charge on any atom is 0.238 e. The summed E-state index contributed by atoms with van der Waals surface area (Å²) in [5.41, 5.74) is 11.1. The van der Waals surface area contributed by atoms with Gasteiger partial charge in [-0.2, -0.15) is 9.97 Å². The van der Waals surface area contributed by atoms with Crippen LogP contribution in [0.5, 0.6) is 0 Å². The van der Waals surface area contributed by atoms with Crippen LogP contribution in [0.4, 0.5) is 17.3 Å². The third-order valence-corrected chi connectivity index (χ3v) is 11.5. The molecule has 226 valence electrons. The third-order valence-electron chi connectivity index (χ3n) is 9.55. The monoisotopic (exact) mass is 650 g/mol. The molecule has 4 nitrogen and oxygen atoms in total. The van der Waals surface area contributed by atoms with Crippen molar-refractivity contribution in [1.29, 1.82) is 0 Å². The Bertz CT molecular complexity index is 2370. The summed E-state index contributed by atoms with van der Waals surface area (Å²) < 4.78 is 0. The van der Waals surface area contributed by atoms with Crippen molar-refractivity contribution in [2.45, 2.75) is 5.41 Å². The van der Waals surface area contributed by atoms with Gasteiger partial charge in [-0.3, -0.25) is 4.90 Å². The lowest BCUT2D eigenvalue weighted by Gasteiger charge is -2.43. The smallest absolute Gasteiger partial charge is 0.238 e. The van der Waals surface area contributed by atoms with Crippen LogP contribution >= 0.6 is 22.7 Å². The number of fused-ring (bicyclic) bond motifs is 9. The van der Waals surface area contributed by atoms with Gasteiger partial charge in [0.25, 0.3) is 0 Å². The molecule has 2 aliphatic rings. The fourth-order valence-electron chi connectivity index (χ4n) is 7.50. The molecule has 0 saturated heterocycles. The second kappa shape index (κ2) is 10.7. The summed E-state index contributed by atoms with van der Waals surface area (Å²) in [5, 5.41) is 4.47. The maximum atomic E-state index is 5.24. The fraction of sp³-hybridized carbons (Fsp3) is 0.0238. The Kier molecular flexibility index (Phi) is 6.10. The number of hydrogen-bond donors (Lipinski definition) is 0. The number of nitrogens with zero attached hydrogens (tertiary/aromatic N) is 4. The van der Waals surface area contributed by atoms with E-state index in [1.165, 1.54) is 37.6 Å². The topological polar surface area (TPSA) is 41.9 Å². The Hall–Kier alpha value is -5.69. The van der Waals surface area contributed by atoms with E-state index >= 15 is 0 Å². The van der Waals surface area contributed by atoms with Crippen LogP contribution in [0, 0.1) is 0 Å². The Morgan fingerprint density at radius 1 is 0.396 bits per heavy atom. The number of hydrogen-bond acceptors (Lipinski definition) is 6. The number of thiophene rings is 2. The normalized spacial score (nSPS) is 13.5. The van der Waals surface area contributed by atoms with E-state index in [-0.39, 0.29) is 0 Å². The van der Waals surface area contributed by atoms with Crippen molar-refractivity contribution in [3.63, 3.8) is 0 Å². The third kappa shape index (κ3) is 3.90. The minimum absolute atomic E-state index is 0.417. The highest BCUT2D eigenvalue weighted by atomic mass is 32.1. The quantitative estimate of drug-likeness (QED) is 0.190. The molecule has 0 amide bonds. The molecular formula is C42H26N4S2. The first kappa shape index (κ1) is 27.4. The Morgan fingerprint density at radius 2 is 0.833 bits per heavy atom. The second-order valence-electron chi connectivity index (χ2n) is 12.0. The van der Waals surface area contributed by atoms with E-state index in [0.29, 0.717) is 17.6 Å². The van der Waals surface area contributed by atoms with Gasteiger partial charge in [0.1, 0.15) is 0 Å². The van der Waals surface area contributed by atoms with Crippen LogP contribution in [0.25, 0.3) is 43.7 Å². The zero-order valence-corrected chi connectivity index (χ0v) is 27.2. The lowest BCUT2D eigenvalue weighted by Crippen LogP contribution is -2.36. The largest absolute Gasteiger partial charge is 0.278 e. The molecule has 0 bridgehead atoms. The summed E-state index contributed by atoms with van der Waals surface area (Å²) in [7, 11) is 0. The molecule has 0 saturated carbocycles. The molecule has 4 heterocycles. The van der Waals surface area contributed by atoms with Gasteiger partial charge in [0, 0.05) is 20.9 Å². The molecule has 1 aliphatic heterocycles. The van der Waals surface area contributed by atoms with Crippen LogP contribution in [0.2, 0.25) is 0 Å². The highest BCUT2D eigenvalue weighted by Crippen LogP contribution is 2.65. The fourth-order valence-corrected chi connectivity index (χ4v) is 9.60. The molecule has 1 aliphatic carbocycles. The number of benzene rings is 5. The molecule has 0 atom stereocenters. The van der Waals surface area contributed by atoms with Crippen molar-refractivity contribution in [3.8, 4) is 43.7 Å². The molecule has 3 aromatic heterocycles. The first-order chi connectivity index (χ1) is 23.8. The highest BCUT2D eigenvalue weighted by molar-refractivity contribution is 7.21. The lowest BCUT2D eigenvalue weighted by molar-refractivity contribution is 0.752. The van der Waals surface area contributed by atoms with Gasteiger partial charge in [0.2, 0.25) is 5.95 Å². The van der Waals surface area contributed by atoms with Crippen LogP contribution in [0.15, 0.2) is 156 Å². The van der Waals surface area contributed by atoms with E-state index in [1.54, 1.807) is 0 Å². The molecule has 6 heteroatoms. The maximum absolute atomic E-state index is 5.24. The molecular weight excluding hydrogens is 625 g/mol. The second-order valence-corrected chi connectivity index (χ2v) is 13.9. The van der Waals surface area contributed by atoms with Crippen molar-refractivity contribution in [2.24, 2.45) is 0 Å². The molecule has 10 rings (SSSR count). The van der Waals surface area contributed by atoms with E-state index in [4.69, 9.17) is 15.0 Å². The predicted octanol–water partition coefficient (Wildman–Crippen LogP) is 11.1. The summed E-state index contributed by atoms with van der Waals surface area (Å²) in [6, 6.07) is 51.3. The SMILES string of the molecule is c1ccc(-c2ccc(-c3nc(-c4ccccc4)nc(N4c5ccccc5C5(c6ccccc64)c4ccsc4-c4sccc45)n3)cc2)cc1. The molecule has 0 unspecified atom stereocenters. The minimum atomic E-state index is -0.417. The molecule has 8 aromatic rings. The number of anilines is 3. The summed E-state index contributed by atoms with van der Waals surface area (Å²) >= 11 is 3.67. The molecule has 48 heavy (non-hydrogen) atoms. The van der Waals surface area contributed by atoms with Crippen LogP contribution < -0.4 is 4.90 Å². The molecule has 0 fully saturated rings. The zero-order chi connectivity index (χ0) is 31.7. The number of para-hydroxylation sites is 2. The average molecular weight is 651 g/mol. The van der Waals surface area contributed by atoms with Crippen molar-refractivity contribution in [1.82, 2.24) is 15.0 Å². The zero-order valence-electron chi connectivity index (χ0n) is 25.6. The van der Waals surface area contributed by atoms with E-state index in [1.807, 2.05) is 46.9 Å². The lowest BCUT2D eigenvalue weighted by atomic mass is 9.65. The van der Waals surface area contributed by atoms with Gasteiger partial charge in [-0.15, -0.1) is 22.7 Å². The van der Waals surface area contributed by atoms with Crippen LogP contribution in [-0.4, -0.2) is 15.0 Å². The summed E-state index contributed by atoms with van der Waals surface area (Å²) in [4.78, 5) is 20.5. The first-order valence-corrected chi connectivity index (χ1v) is 17.7. The molecule has 1 spiro atoms. The van der Waals surface area contributed by atoms with Crippen molar-refractivity contribution < 1.29 is 0 Å². The van der Waals surface area contributed by atoms with Gasteiger partial charge >= 0.3 is 0 Å². The van der Waals surface area contributed by atoms with Gasteiger partial charge in [-0.25, -0.2) is 4.98 Å². The van der Waals surface area contributed by atoms with E-state index in [2.05, 4.69) is 137 Å². The molecule has 0 N–H and O–H groups in total. The minimum Gasteiger partial charge on any atom is -0.278 e. The van der Waals surface area contributed by atoms with Crippen molar-refractivity contribution in [3.05, 3.63) is 179 Å². The van der Waals surface area contributed by atoms with E-state index in [0.717, 1.165) is 28.1 Å². The standard InChI is InChI=1S/C42H26N4S2/c1-3-11-27(12-4-1)28-19-21-30(22-20-28)40-43-39(29-13-5-2-6-14-29)44-41(45-40)46-35-17-9-7-15-31(35)42(32-16-8-10-18-36(32)46)33-23-25-47-37(33)38-34(42)24-26-48-38/h1-26H. The first-order valence-electron chi connectivity index (χ1n) is 15.9. The molecule has 5 aromatic carbocycles. The Balaban J connectivity index is 1.21. The van der Waals surface area contributed by atoms with Gasteiger partial charge in [-0.05, 0) is 68.4 Å². The van der Waals surface area contributed by atoms with Gasteiger partial charge in [-0.1, -0.05) is 121 Å². The Labute approximate surface area is 286 Å². The van der Waals surface area contributed by atoms with Crippen molar-refractivity contribution >= 4 is 40.0 Å². The predicted molar refractivity (Wildman–Crippen MR) is 197 cm³/mol. The summed E-state index contributed by atoms with van der Waals surface area (Å²) in [5.74, 6) is 1.86. The Morgan fingerprint density at radius 3 is 1.40 bits per heavy atom. The average Bonchev–Trinajstić information content (AvgIpc) is 3.90. The van der Waals surface area contributed by atoms with Gasteiger partial charge < -0.3 is 0 Å². The number of aromatic nitrogens is 3. The van der Waals surface area contributed by atoms with Gasteiger partial charge in [0.05, 0.1) is 16.8 Å². The van der Waals surface area contributed by atoms with E-state index < -0.39 is 5.41 Å². The van der Waals surface area contributed by atoms with Crippen LogP contribution in [0.1, 0.15) is 22.3 Å².